The normalized spacial score (nSPS) is 11.7. The predicted molar refractivity (Wildman–Crippen MR) is 136 cm³/mol. The first kappa shape index (κ1) is 23.7. The van der Waals surface area contributed by atoms with Gasteiger partial charge in [0.1, 0.15) is 23.2 Å². The monoisotopic (exact) mass is 435 g/mol. The summed E-state index contributed by atoms with van der Waals surface area (Å²) in [6.07, 6.45) is 8.28. The lowest BCUT2D eigenvalue weighted by Crippen LogP contribution is -2.33. The highest BCUT2D eigenvalue weighted by molar-refractivity contribution is 7.95. The summed E-state index contributed by atoms with van der Waals surface area (Å²) in [7, 11) is 1.76. The maximum atomic E-state index is 5.30. The summed E-state index contributed by atoms with van der Waals surface area (Å²) in [5.74, 6) is 0. The second-order valence-corrected chi connectivity index (χ2v) is 11.6. The topological polar surface area (TPSA) is 18.5 Å². The highest BCUT2D eigenvalue weighted by Crippen LogP contribution is 2.55. The fraction of sp³-hybridized carbons (Fsp3) is 0.357. The fourth-order valence-corrected chi connectivity index (χ4v) is 8.81. The van der Waals surface area contributed by atoms with Gasteiger partial charge >= 0.3 is 0 Å². The van der Waals surface area contributed by atoms with Gasteiger partial charge in [-0.3, -0.25) is 0 Å². The van der Waals surface area contributed by atoms with Crippen molar-refractivity contribution < 1.29 is 9.47 Å². The van der Waals surface area contributed by atoms with Crippen molar-refractivity contribution in [2.75, 3.05) is 20.4 Å². The molecule has 0 fully saturated rings. The molecule has 0 bridgehead atoms. The molecule has 3 aromatic rings. The smallest absolute Gasteiger partial charge is 0.156 e. The van der Waals surface area contributed by atoms with Crippen LogP contribution in [-0.4, -0.2) is 26.7 Å². The van der Waals surface area contributed by atoms with Crippen molar-refractivity contribution >= 4 is 23.2 Å². The van der Waals surface area contributed by atoms with Crippen LogP contribution < -0.4 is 15.9 Å². The SMILES string of the molecule is COC(CCCCCCC[P+](c1ccccc1)(c1ccccc1)c1ccccc1)OC. The van der Waals surface area contributed by atoms with E-state index >= 15 is 0 Å². The molecule has 0 aromatic heterocycles. The largest absolute Gasteiger partial charge is 0.356 e. The van der Waals surface area contributed by atoms with Crippen molar-refractivity contribution in [1.82, 2.24) is 0 Å². The number of methoxy groups -OCH3 is 2. The van der Waals surface area contributed by atoms with Gasteiger partial charge in [-0.25, -0.2) is 0 Å². The number of hydrogen-bond donors (Lipinski definition) is 0. The van der Waals surface area contributed by atoms with Crippen LogP contribution in [0, 0.1) is 0 Å². The Kier molecular flexibility index (Phi) is 9.75. The molecule has 0 aliphatic heterocycles. The van der Waals surface area contributed by atoms with Gasteiger partial charge in [-0.05, 0) is 62.1 Å². The van der Waals surface area contributed by atoms with Gasteiger partial charge in [0.05, 0.1) is 6.16 Å². The van der Waals surface area contributed by atoms with E-state index in [0.29, 0.717) is 0 Å². The summed E-state index contributed by atoms with van der Waals surface area (Å²) >= 11 is 0. The molecule has 3 aromatic carbocycles. The molecule has 31 heavy (non-hydrogen) atoms. The average Bonchev–Trinajstić information content (AvgIpc) is 2.85. The maximum Gasteiger partial charge on any atom is 0.156 e. The van der Waals surface area contributed by atoms with Crippen LogP contribution in [0.2, 0.25) is 0 Å². The van der Waals surface area contributed by atoms with Gasteiger partial charge in [0, 0.05) is 14.2 Å². The molecule has 3 heteroatoms. The van der Waals surface area contributed by atoms with Crippen LogP contribution in [0.3, 0.4) is 0 Å². The van der Waals surface area contributed by atoms with Gasteiger partial charge in [-0.15, -0.1) is 0 Å². The Labute approximate surface area is 189 Å². The molecule has 0 aliphatic rings. The van der Waals surface area contributed by atoms with Gasteiger partial charge < -0.3 is 9.47 Å². The summed E-state index contributed by atoms with van der Waals surface area (Å²) < 4.78 is 10.6. The second kappa shape index (κ2) is 12.8. The molecule has 0 aliphatic carbocycles. The standard InChI is InChI=1S/C28H36O2P/c1-29-28(30-2)23-15-4-3-5-16-24-31(25-17-9-6-10-18-25,26-19-11-7-12-20-26)27-21-13-8-14-22-27/h6-14,17-22,28H,3-5,15-16,23-24H2,1-2H3/q+1. The van der Waals surface area contributed by atoms with Gasteiger partial charge in [0.15, 0.2) is 6.29 Å². The number of hydrogen-bond acceptors (Lipinski definition) is 2. The lowest BCUT2D eigenvalue weighted by Gasteiger charge is -2.27. The first-order valence-electron chi connectivity index (χ1n) is 11.4. The van der Waals surface area contributed by atoms with Crippen LogP contribution >= 0.6 is 7.26 Å². The molecule has 0 unspecified atom stereocenters. The Balaban J connectivity index is 1.76. The van der Waals surface area contributed by atoms with Crippen molar-refractivity contribution in [3.05, 3.63) is 91.0 Å². The quantitative estimate of drug-likeness (QED) is 0.188. The van der Waals surface area contributed by atoms with E-state index in [4.69, 9.17) is 9.47 Å². The zero-order valence-corrected chi connectivity index (χ0v) is 19.8. The van der Waals surface area contributed by atoms with Gasteiger partial charge in [-0.2, -0.15) is 0 Å². The van der Waals surface area contributed by atoms with Crippen molar-refractivity contribution in [2.24, 2.45) is 0 Å². The molecule has 0 saturated heterocycles. The average molecular weight is 436 g/mol. The van der Waals surface area contributed by atoms with E-state index in [1.54, 1.807) is 14.2 Å². The van der Waals surface area contributed by atoms with E-state index in [9.17, 15) is 0 Å². The highest BCUT2D eigenvalue weighted by Gasteiger charge is 2.44. The number of benzene rings is 3. The van der Waals surface area contributed by atoms with Gasteiger partial charge in [-0.1, -0.05) is 67.4 Å². The van der Waals surface area contributed by atoms with Crippen LogP contribution in [0.1, 0.15) is 38.5 Å². The fourth-order valence-electron chi connectivity index (χ4n) is 4.40. The van der Waals surface area contributed by atoms with E-state index in [-0.39, 0.29) is 6.29 Å². The van der Waals surface area contributed by atoms with Crippen molar-refractivity contribution in [1.29, 1.82) is 0 Å². The Hall–Kier alpha value is -1.99. The summed E-state index contributed by atoms with van der Waals surface area (Å²) in [4.78, 5) is 0. The summed E-state index contributed by atoms with van der Waals surface area (Å²) in [5, 5.41) is 4.45. The molecule has 164 valence electrons. The first-order chi connectivity index (χ1) is 15.3. The molecule has 0 N–H and O–H groups in total. The minimum atomic E-state index is -1.67. The zero-order valence-electron chi connectivity index (χ0n) is 19.0. The molecule has 0 spiro atoms. The summed E-state index contributed by atoms with van der Waals surface area (Å²) in [6.45, 7) is 0. The molecule has 3 rings (SSSR count). The van der Waals surface area contributed by atoms with Gasteiger partial charge in [0.2, 0.25) is 0 Å². The number of rotatable bonds is 13. The van der Waals surface area contributed by atoms with E-state index in [2.05, 4.69) is 91.0 Å². The molecule has 0 saturated carbocycles. The highest BCUT2D eigenvalue weighted by atomic mass is 31.2. The molecule has 0 atom stereocenters. The third kappa shape index (κ3) is 6.26. The predicted octanol–water partition coefficient (Wildman–Crippen LogP) is 5.94. The lowest BCUT2D eigenvalue weighted by molar-refractivity contribution is -0.107. The Morgan fingerprint density at radius 1 is 0.548 bits per heavy atom. The van der Waals surface area contributed by atoms with Crippen molar-refractivity contribution in [3.8, 4) is 0 Å². The van der Waals surface area contributed by atoms with Crippen LogP contribution in [0.25, 0.3) is 0 Å². The minimum Gasteiger partial charge on any atom is -0.356 e. The summed E-state index contributed by atoms with van der Waals surface area (Å²) in [6, 6.07) is 33.6. The van der Waals surface area contributed by atoms with Crippen molar-refractivity contribution in [3.63, 3.8) is 0 Å². The molecule has 0 radical (unpaired) electrons. The third-order valence-electron chi connectivity index (χ3n) is 6.05. The molecule has 2 nitrogen and oxygen atoms in total. The Bertz CT molecular complexity index is 751. The third-order valence-corrected chi connectivity index (χ3v) is 10.6. The lowest BCUT2D eigenvalue weighted by atomic mass is 10.1. The van der Waals surface area contributed by atoms with E-state index in [1.807, 2.05) is 0 Å². The van der Waals surface area contributed by atoms with E-state index in [1.165, 1.54) is 47.8 Å². The van der Waals surface area contributed by atoms with E-state index in [0.717, 1.165) is 12.8 Å². The zero-order chi connectivity index (χ0) is 21.8. The maximum absolute atomic E-state index is 5.30. The number of unbranched alkanes of at least 4 members (excludes halogenated alkanes) is 4. The Morgan fingerprint density at radius 2 is 0.935 bits per heavy atom. The molecule has 0 heterocycles. The molecular formula is C28H36O2P+. The minimum absolute atomic E-state index is 0.0622. The second-order valence-electron chi connectivity index (χ2n) is 8.00. The summed E-state index contributed by atoms with van der Waals surface area (Å²) in [5.41, 5.74) is 0. The van der Waals surface area contributed by atoms with E-state index < -0.39 is 7.26 Å². The van der Waals surface area contributed by atoms with Crippen molar-refractivity contribution in [2.45, 2.75) is 44.8 Å². The van der Waals surface area contributed by atoms with Crippen LogP contribution in [0.4, 0.5) is 0 Å². The van der Waals surface area contributed by atoms with Crippen LogP contribution in [-0.2, 0) is 9.47 Å². The number of ether oxygens (including phenoxy) is 2. The molecule has 0 amide bonds. The molecular weight excluding hydrogens is 399 g/mol. The van der Waals surface area contributed by atoms with Crippen LogP contribution in [0.15, 0.2) is 91.0 Å². The van der Waals surface area contributed by atoms with Gasteiger partial charge in [0.25, 0.3) is 0 Å². The Morgan fingerprint density at radius 3 is 1.35 bits per heavy atom. The first-order valence-corrected chi connectivity index (χ1v) is 13.4. The van der Waals surface area contributed by atoms with Crippen LogP contribution in [0.5, 0.6) is 0 Å².